The summed E-state index contributed by atoms with van der Waals surface area (Å²) >= 11 is 0. The van der Waals surface area contributed by atoms with E-state index in [9.17, 15) is 4.79 Å². The van der Waals surface area contributed by atoms with Gasteiger partial charge in [-0.05, 0) is 13.8 Å². The zero-order chi connectivity index (χ0) is 7.07. The van der Waals surface area contributed by atoms with Crippen molar-refractivity contribution in [2.24, 2.45) is 4.99 Å². The minimum atomic E-state index is -0.575. The summed E-state index contributed by atoms with van der Waals surface area (Å²) in [5, 5.41) is 0. The summed E-state index contributed by atoms with van der Waals surface area (Å²) in [6, 6.07) is 0. The average molecular weight is 125 g/mol. The Morgan fingerprint density at radius 1 is 1.67 bits per heavy atom. The molecule has 0 atom stereocenters. The molecule has 0 unspecified atom stereocenters. The Kier molecular flexibility index (Phi) is 1.08. The summed E-state index contributed by atoms with van der Waals surface area (Å²) in [4.78, 5) is 16.2. The molecule has 0 N–H and O–H groups in total. The van der Waals surface area contributed by atoms with E-state index in [2.05, 4.69) is 11.3 Å². The van der Waals surface area contributed by atoms with Crippen LogP contribution >= 0.6 is 0 Å². The highest BCUT2D eigenvalue weighted by atomic mass is 16.2. The van der Waals surface area contributed by atoms with Crippen LogP contribution in [-0.4, -0.2) is 29.7 Å². The lowest BCUT2D eigenvalue weighted by Crippen LogP contribution is -2.33. The number of hydrogen-bond donors (Lipinski definition) is 0. The summed E-state index contributed by atoms with van der Waals surface area (Å²) in [6.45, 7) is 3.54. The minimum absolute atomic E-state index is 0.00231. The van der Waals surface area contributed by atoms with Crippen molar-refractivity contribution in [3.8, 4) is 0 Å². The first-order valence-corrected chi connectivity index (χ1v) is 2.80. The van der Waals surface area contributed by atoms with Crippen molar-refractivity contribution in [1.29, 1.82) is 0 Å². The summed E-state index contributed by atoms with van der Waals surface area (Å²) < 4.78 is 0. The number of carbonyl (C=O) groups excluding carboxylic acids is 1. The SMILES string of the molecule is CN1[C]=NC(C)(C)C1=O. The number of aliphatic imine (C=N–C) groups is 1. The first-order chi connectivity index (χ1) is 4.04. The topological polar surface area (TPSA) is 32.7 Å². The molecule has 0 fully saturated rings. The van der Waals surface area contributed by atoms with Crippen molar-refractivity contribution in [2.75, 3.05) is 7.05 Å². The Balaban J connectivity index is 2.86. The number of likely N-dealkylation sites (N-methyl/N-ethyl adjacent to an activating group) is 1. The summed E-state index contributed by atoms with van der Waals surface area (Å²) in [5.41, 5.74) is -0.575. The van der Waals surface area contributed by atoms with Gasteiger partial charge in [-0.15, -0.1) is 0 Å². The molecule has 0 saturated carbocycles. The van der Waals surface area contributed by atoms with Crippen molar-refractivity contribution in [1.82, 2.24) is 4.90 Å². The van der Waals surface area contributed by atoms with Gasteiger partial charge >= 0.3 is 0 Å². The van der Waals surface area contributed by atoms with E-state index < -0.39 is 5.54 Å². The summed E-state index contributed by atoms with van der Waals surface area (Å²) in [6.07, 6.45) is 2.57. The van der Waals surface area contributed by atoms with E-state index >= 15 is 0 Å². The van der Waals surface area contributed by atoms with Gasteiger partial charge in [-0.25, -0.2) is 4.99 Å². The molecule has 0 spiro atoms. The number of carbonyl (C=O) groups is 1. The normalized spacial score (nSPS) is 23.4. The third-order valence-corrected chi connectivity index (χ3v) is 1.31. The largest absolute Gasteiger partial charge is 0.295 e. The molecule has 1 amide bonds. The van der Waals surface area contributed by atoms with Gasteiger partial charge in [-0.2, -0.15) is 0 Å². The smallest absolute Gasteiger partial charge is 0.255 e. The maximum atomic E-state index is 11.0. The number of rotatable bonds is 0. The molecule has 1 aliphatic rings. The van der Waals surface area contributed by atoms with Gasteiger partial charge in [-0.1, -0.05) is 0 Å². The van der Waals surface area contributed by atoms with Gasteiger partial charge in [0, 0.05) is 7.05 Å². The van der Waals surface area contributed by atoms with Crippen molar-refractivity contribution < 1.29 is 4.79 Å². The molecule has 1 aliphatic heterocycles. The van der Waals surface area contributed by atoms with Crippen molar-refractivity contribution in [3.63, 3.8) is 0 Å². The van der Waals surface area contributed by atoms with Crippen LogP contribution in [0.4, 0.5) is 0 Å². The van der Waals surface area contributed by atoms with Crippen LogP contribution in [0.25, 0.3) is 0 Å². The van der Waals surface area contributed by atoms with Crippen LogP contribution in [0.5, 0.6) is 0 Å². The Bertz CT molecular complexity index is 172. The molecular formula is C6H9N2O. The lowest BCUT2D eigenvalue weighted by molar-refractivity contribution is -0.129. The number of hydrogen-bond acceptors (Lipinski definition) is 2. The van der Waals surface area contributed by atoms with E-state index in [1.165, 1.54) is 4.90 Å². The summed E-state index contributed by atoms with van der Waals surface area (Å²) in [5.74, 6) is 0.00231. The fraction of sp³-hybridized carbons (Fsp3) is 0.667. The van der Waals surface area contributed by atoms with Crippen LogP contribution in [0.15, 0.2) is 4.99 Å². The molecule has 1 heterocycles. The third-order valence-electron chi connectivity index (χ3n) is 1.31. The number of amides is 1. The lowest BCUT2D eigenvalue weighted by Gasteiger charge is -2.12. The molecule has 0 aliphatic carbocycles. The molecule has 0 aromatic carbocycles. The zero-order valence-electron chi connectivity index (χ0n) is 5.80. The van der Waals surface area contributed by atoms with Gasteiger partial charge in [0.25, 0.3) is 5.91 Å². The van der Waals surface area contributed by atoms with Crippen molar-refractivity contribution in [3.05, 3.63) is 0 Å². The molecular weight excluding hydrogens is 116 g/mol. The molecule has 3 nitrogen and oxygen atoms in total. The molecule has 0 bridgehead atoms. The van der Waals surface area contributed by atoms with E-state index in [1.807, 2.05) is 0 Å². The quantitative estimate of drug-likeness (QED) is 0.453. The van der Waals surface area contributed by atoms with Crippen molar-refractivity contribution in [2.45, 2.75) is 19.4 Å². The molecule has 1 rings (SSSR count). The highest BCUT2D eigenvalue weighted by Crippen LogP contribution is 2.15. The Morgan fingerprint density at radius 3 is 2.33 bits per heavy atom. The van der Waals surface area contributed by atoms with E-state index in [-0.39, 0.29) is 5.91 Å². The monoisotopic (exact) mass is 125 g/mol. The lowest BCUT2D eigenvalue weighted by atomic mass is 10.1. The van der Waals surface area contributed by atoms with Crippen LogP contribution in [0.1, 0.15) is 13.8 Å². The number of nitrogens with zero attached hydrogens (tertiary/aromatic N) is 2. The van der Waals surface area contributed by atoms with E-state index in [4.69, 9.17) is 0 Å². The van der Waals surface area contributed by atoms with Crippen LogP contribution in [0, 0.1) is 0 Å². The zero-order valence-corrected chi connectivity index (χ0v) is 5.80. The maximum absolute atomic E-state index is 11.0. The molecule has 0 saturated heterocycles. The second kappa shape index (κ2) is 1.56. The van der Waals surface area contributed by atoms with Crippen LogP contribution in [-0.2, 0) is 4.79 Å². The van der Waals surface area contributed by atoms with E-state index in [0.29, 0.717) is 0 Å². The van der Waals surface area contributed by atoms with Gasteiger partial charge < -0.3 is 0 Å². The Labute approximate surface area is 54.4 Å². The van der Waals surface area contributed by atoms with Crippen LogP contribution < -0.4 is 0 Å². The maximum Gasteiger partial charge on any atom is 0.255 e. The molecule has 0 aromatic rings. The molecule has 9 heavy (non-hydrogen) atoms. The standard InChI is InChI=1S/C6H9N2O/c1-6(2)5(9)8(3)4-7-6/h1-3H3. The summed E-state index contributed by atoms with van der Waals surface area (Å²) in [7, 11) is 1.65. The third kappa shape index (κ3) is 0.823. The predicted molar refractivity (Wildman–Crippen MR) is 34.3 cm³/mol. The molecule has 3 heteroatoms. The highest BCUT2D eigenvalue weighted by Gasteiger charge is 2.33. The predicted octanol–water partition coefficient (Wildman–Crippen LogP) is 0.142. The van der Waals surface area contributed by atoms with Crippen LogP contribution in [0.3, 0.4) is 0 Å². The van der Waals surface area contributed by atoms with Gasteiger partial charge in [-0.3, -0.25) is 9.69 Å². The van der Waals surface area contributed by atoms with Gasteiger partial charge in [0.1, 0.15) is 5.54 Å². The Morgan fingerprint density at radius 2 is 2.22 bits per heavy atom. The fourth-order valence-corrected chi connectivity index (χ4v) is 0.704. The van der Waals surface area contributed by atoms with E-state index in [1.54, 1.807) is 20.9 Å². The van der Waals surface area contributed by atoms with Crippen LogP contribution in [0.2, 0.25) is 0 Å². The average Bonchev–Trinajstić information content (AvgIpc) is 1.97. The molecule has 1 radical (unpaired) electrons. The van der Waals surface area contributed by atoms with Gasteiger partial charge in [0.2, 0.25) is 0 Å². The second-order valence-electron chi connectivity index (χ2n) is 2.63. The first-order valence-electron chi connectivity index (χ1n) is 2.80. The first kappa shape index (κ1) is 6.26. The molecule has 0 aromatic heterocycles. The molecule has 49 valence electrons. The van der Waals surface area contributed by atoms with E-state index in [0.717, 1.165) is 0 Å². The van der Waals surface area contributed by atoms with Gasteiger partial charge in [0.15, 0.2) is 6.34 Å². The second-order valence-corrected chi connectivity index (χ2v) is 2.63. The highest BCUT2D eigenvalue weighted by molar-refractivity contribution is 5.98. The minimum Gasteiger partial charge on any atom is -0.295 e. The van der Waals surface area contributed by atoms with Crippen molar-refractivity contribution >= 4 is 12.2 Å². The Hall–Kier alpha value is -0.860. The fourth-order valence-electron chi connectivity index (χ4n) is 0.704. The van der Waals surface area contributed by atoms with Gasteiger partial charge in [0.05, 0.1) is 0 Å².